The van der Waals surface area contributed by atoms with E-state index in [1.54, 1.807) is 17.0 Å². The zero-order chi connectivity index (χ0) is 15.0. The van der Waals surface area contributed by atoms with E-state index in [0.29, 0.717) is 19.6 Å². The van der Waals surface area contributed by atoms with Crippen LogP contribution in [-0.4, -0.2) is 34.4 Å². The van der Waals surface area contributed by atoms with Crippen LogP contribution in [0.15, 0.2) is 23.0 Å². The van der Waals surface area contributed by atoms with Gasteiger partial charge in [0.1, 0.15) is 0 Å². The molecule has 0 aromatic carbocycles. The largest absolute Gasteiger partial charge is 0.550 e. The summed E-state index contributed by atoms with van der Waals surface area (Å²) in [5.41, 5.74) is 0.995. The molecule has 0 N–H and O–H groups in total. The fraction of sp³-hybridized carbons (Fsp3) is 0.533. The molecule has 0 saturated carbocycles. The summed E-state index contributed by atoms with van der Waals surface area (Å²) in [5, 5.41) is 10.5. The normalized spacial score (nSPS) is 23.5. The van der Waals surface area contributed by atoms with Gasteiger partial charge in [0, 0.05) is 49.7 Å². The number of carboxylic acid groups (broad SMARTS) is 1. The van der Waals surface area contributed by atoms with Crippen molar-refractivity contribution in [3.8, 4) is 0 Å². The Hall–Kier alpha value is -2.11. The van der Waals surface area contributed by atoms with E-state index >= 15 is 0 Å². The van der Waals surface area contributed by atoms with Crippen molar-refractivity contribution in [3.05, 3.63) is 34.2 Å². The smallest absolute Gasteiger partial charge is 0.250 e. The van der Waals surface area contributed by atoms with Crippen molar-refractivity contribution in [2.45, 2.75) is 31.7 Å². The van der Waals surface area contributed by atoms with Crippen molar-refractivity contribution in [2.75, 3.05) is 13.1 Å². The second kappa shape index (κ2) is 5.35. The first-order chi connectivity index (χ1) is 10.0. The van der Waals surface area contributed by atoms with Gasteiger partial charge in [-0.25, -0.2) is 0 Å². The molecule has 1 saturated heterocycles. The number of rotatable bonds is 3. The molecule has 1 amide bonds. The number of fused-ring (bicyclic) bond motifs is 4. The summed E-state index contributed by atoms with van der Waals surface area (Å²) >= 11 is 0. The van der Waals surface area contributed by atoms with Crippen LogP contribution < -0.4 is 10.7 Å². The molecular weight excluding hydrogens is 272 g/mol. The Bertz CT molecular complexity index is 637. The lowest BCUT2D eigenvalue weighted by molar-refractivity contribution is -0.305. The molecule has 1 aromatic heterocycles. The summed E-state index contributed by atoms with van der Waals surface area (Å²) < 4.78 is 1.81. The predicted octanol–water partition coefficient (Wildman–Crippen LogP) is -0.676. The van der Waals surface area contributed by atoms with Crippen LogP contribution in [0, 0.1) is 5.92 Å². The Balaban J connectivity index is 1.77. The monoisotopic (exact) mass is 289 g/mol. The number of carbonyl (C=O) groups is 2. The van der Waals surface area contributed by atoms with E-state index in [-0.39, 0.29) is 36.1 Å². The topological polar surface area (TPSA) is 82.4 Å². The first-order valence-corrected chi connectivity index (χ1v) is 7.22. The molecular formula is C15H17N2O4-. The Labute approximate surface area is 122 Å². The molecule has 1 aromatic rings. The molecule has 0 radical (unpaired) electrons. The molecule has 0 unspecified atom stereocenters. The van der Waals surface area contributed by atoms with Crippen molar-refractivity contribution in [1.29, 1.82) is 0 Å². The predicted molar refractivity (Wildman–Crippen MR) is 72.4 cm³/mol. The number of aromatic nitrogens is 1. The van der Waals surface area contributed by atoms with Crippen molar-refractivity contribution < 1.29 is 14.7 Å². The van der Waals surface area contributed by atoms with Crippen LogP contribution in [0.4, 0.5) is 0 Å². The van der Waals surface area contributed by atoms with E-state index < -0.39 is 5.97 Å². The van der Waals surface area contributed by atoms with E-state index in [2.05, 4.69) is 0 Å². The van der Waals surface area contributed by atoms with Gasteiger partial charge in [-0.1, -0.05) is 6.07 Å². The van der Waals surface area contributed by atoms with Crippen LogP contribution in [0.3, 0.4) is 0 Å². The number of likely N-dealkylation sites (tertiary alicyclic amines) is 1. The fourth-order valence-electron chi connectivity index (χ4n) is 3.47. The lowest BCUT2D eigenvalue weighted by Crippen LogP contribution is -2.49. The van der Waals surface area contributed by atoms with Crippen LogP contribution in [0.2, 0.25) is 0 Å². The number of aliphatic carboxylic acids is 1. The van der Waals surface area contributed by atoms with Gasteiger partial charge in [-0.15, -0.1) is 0 Å². The van der Waals surface area contributed by atoms with E-state index in [1.165, 1.54) is 0 Å². The molecule has 112 valence electrons. The Morgan fingerprint density at radius 2 is 2.00 bits per heavy atom. The second-order valence-corrected chi connectivity index (χ2v) is 5.87. The van der Waals surface area contributed by atoms with Crippen LogP contribution in [-0.2, 0) is 16.1 Å². The first kappa shape index (κ1) is 13.9. The number of hydrogen-bond donors (Lipinski definition) is 0. The molecule has 0 spiro atoms. The van der Waals surface area contributed by atoms with Gasteiger partial charge in [-0.05, 0) is 24.8 Å². The van der Waals surface area contributed by atoms with Gasteiger partial charge in [-0.3, -0.25) is 9.59 Å². The molecule has 6 nitrogen and oxygen atoms in total. The maximum Gasteiger partial charge on any atom is 0.250 e. The summed E-state index contributed by atoms with van der Waals surface area (Å²) in [5.74, 6) is -0.903. The number of carbonyl (C=O) groups excluding carboxylic acids is 2. The molecule has 2 aliphatic rings. The minimum atomic E-state index is -1.20. The number of amides is 1. The lowest BCUT2D eigenvalue weighted by Gasteiger charge is -2.42. The minimum Gasteiger partial charge on any atom is -0.550 e. The van der Waals surface area contributed by atoms with Crippen LogP contribution in [0.25, 0.3) is 0 Å². The average Bonchev–Trinajstić information content (AvgIpc) is 2.45. The molecule has 3 heterocycles. The lowest BCUT2D eigenvalue weighted by atomic mass is 9.83. The molecule has 21 heavy (non-hydrogen) atoms. The van der Waals surface area contributed by atoms with Crippen molar-refractivity contribution in [2.24, 2.45) is 5.92 Å². The van der Waals surface area contributed by atoms with Crippen molar-refractivity contribution >= 4 is 11.9 Å². The third-order valence-electron chi connectivity index (χ3n) is 4.38. The van der Waals surface area contributed by atoms with Gasteiger partial charge in [0.25, 0.3) is 5.56 Å². The SMILES string of the molecule is O=C([O-])CCC(=O)N1C[C@H]2C[C@@H](C1)c1cccc(=O)n1C2. The first-order valence-electron chi connectivity index (χ1n) is 7.22. The minimum absolute atomic E-state index is 0.0105. The Kier molecular flexibility index (Phi) is 3.53. The number of pyridine rings is 1. The van der Waals surface area contributed by atoms with E-state index in [9.17, 15) is 19.5 Å². The fourth-order valence-corrected chi connectivity index (χ4v) is 3.47. The van der Waals surface area contributed by atoms with Gasteiger partial charge >= 0.3 is 0 Å². The molecule has 6 heteroatoms. The van der Waals surface area contributed by atoms with Crippen LogP contribution >= 0.6 is 0 Å². The molecule has 2 atom stereocenters. The molecule has 3 rings (SSSR count). The van der Waals surface area contributed by atoms with Gasteiger partial charge in [-0.2, -0.15) is 0 Å². The standard InChI is InChI=1S/C15H18N2O4/c18-13(4-5-15(20)21)16-7-10-6-11(9-16)12-2-1-3-14(19)17(12)8-10/h1-3,10-11H,4-9H2,(H,20,21)/p-1/t10-,11+/m1/s1. The highest BCUT2D eigenvalue weighted by molar-refractivity contribution is 5.80. The quantitative estimate of drug-likeness (QED) is 0.738. The molecule has 2 aliphatic heterocycles. The third-order valence-corrected chi connectivity index (χ3v) is 4.38. The maximum atomic E-state index is 12.1. The highest BCUT2D eigenvalue weighted by Gasteiger charge is 2.35. The third kappa shape index (κ3) is 2.70. The number of piperidine rings is 1. The highest BCUT2D eigenvalue weighted by Crippen LogP contribution is 2.35. The summed E-state index contributed by atoms with van der Waals surface area (Å²) in [6, 6.07) is 5.26. The van der Waals surface area contributed by atoms with Gasteiger partial charge in [0.15, 0.2) is 0 Å². The maximum absolute atomic E-state index is 12.1. The summed E-state index contributed by atoms with van der Waals surface area (Å²) in [6.07, 6.45) is 0.734. The van der Waals surface area contributed by atoms with Gasteiger partial charge in [0.2, 0.25) is 5.91 Å². The summed E-state index contributed by atoms with van der Waals surface area (Å²) in [6.45, 7) is 1.80. The highest BCUT2D eigenvalue weighted by atomic mass is 16.4. The summed E-state index contributed by atoms with van der Waals surface area (Å²) in [4.78, 5) is 36.2. The summed E-state index contributed by atoms with van der Waals surface area (Å²) in [7, 11) is 0. The van der Waals surface area contributed by atoms with Crippen molar-refractivity contribution in [3.63, 3.8) is 0 Å². The van der Waals surface area contributed by atoms with E-state index in [1.807, 2.05) is 10.6 Å². The van der Waals surface area contributed by atoms with Crippen molar-refractivity contribution in [1.82, 2.24) is 9.47 Å². The van der Waals surface area contributed by atoms with Gasteiger partial charge in [0.05, 0.1) is 0 Å². The van der Waals surface area contributed by atoms with E-state index in [4.69, 9.17) is 0 Å². The van der Waals surface area contributed by atoms with Crippen LogP contribution in [0.5, 0.6) is 0 Å². The number of nitrogens with zero attached hydrogens (tertiary/aromatic N) is 2. The average molecular weight is 289 g/mol. The zero-order valence-electron chi connectivity index (χ0n) is 11.7. The van der Waals surface area contributed by atoms with Gasteiger partial charge < -0.3 is 19.4 Å². The number of hydrogen-bond acceptors (Lipinski definition) is 4. The zero-order valence-corrected chi connectivity index (χ0v) is 11.7. The molecule has 0 aliphatic carbocycles. The van der Waals surface area contributed by atoms with E-state index in [0.717, 1.165) is 12.1 Å². The Morgan fingerprint density at radius 3 is 2.76 bits per heavy atom. The Morgan fingerprint density at radius 1 is 1.19 bits per heavy atom. The molecule has 2 bridgehead atoms. The van der Waals surface area contributed by atoms with Crippen LogP contribution in [0.1, 0.15) is 30.9 Å². The number of carboxylic acids is 1. The second-order valence-electron chi connectivity index (χ2n) is 5.87. The molecule has 1 fully saturated rings.